The summed E-state index contributed by atoms with van der Waals surface area (Å²) >= 11 is 0. The Balaban J connectivity index is 1.74. The lowest BCUT2D eigenvalue weighted by molar-refractivity contribution is -0.132. The first-order chi connectivity index (χ1) is 14.2. The van der Waals surface area contributed by atoms with Gasteiger partial charge in [0.25, 0.3) is 0 Å². The van der Waals surface area contributed by atoms with Crippen LogP contribution in [-0.4, -0.2) is 63.7 Å². The Morgan fingerprint density at radius 3 is 2.50 bits per heavy atom. The highest BCUT2D eigenvalue weighted by molar-refractivity contribution is 5.92. The summed E-state index contributed by atoms with van der Waals surface area (Å²) in [5, 5.41) is 7.21. The van der Waals surface area contributed by atoms with E-state index in [4.69, 9.17) is 4.74 Å². The van der Waals surface area contributed by atoms with Gasteiger partial charge >= 0.3 is 0 Å². The molecule has 1 aliphatic rings. The van der Waals surface area contributed by atoms with E-state index in [1.54, 1.807) is 17.8 Å². The molecule has 2 aromatic rings. The van der Waals surface area contributed by atoms with Crippen molar-refractivity contribution in [3.05, 3.63) is 41.7 Å². The topological polar surface area (TPSA) is 79.7 Å². The van der Waals surface area contributed by atoms with E-state index < -0.39 is 0 Å². The standard InChI is InChI=1S/C22H31N5O3/c1-15(2)30-19-8-6-18(7-9-19)21-13-26(17(4)28)10-11-27(21)14-22(29)23-20-12-25(5)24-16(20)3/h6-9,12,15,21H,10-11,13-14H2,1-5H3,(H,23,29). The molecule has 1 unspecified atom stereocenters. The molecule has 2 heterocycles. The number of ether oxygens (including phenoxy) is 1. The number of carbonyl (C=O) groups is 2. The zero-order valence-corrected chi connectivity index (χ0v) is 18.4. The number of anilines is 1. The Morgan fingerprint density at radius 1 is 1.23 bits per heavy atom. The Labute approximate surface area is 177 Å². The third kappa shape index (κ3) is 5.38. The molecule has 162 valence electrons. The molecule has 2 amide bonds. The van der Waals surface area contributed by atoms with Gasteiger partial charge in [-0.15, -0.1) is 0 Å². The van der Waals surface area contributed by atoms with E-state index in [9.17, 15) is 9.59 Å². The van der Waals surface area contributed by atoms with Gasteiger partial charge in [0.15, 0.2) is 0 Å². The number of amides is 2. The fraction of sp³-hybridized carbons (Fsp3) is 0.500. The minimum absolute atomic E-state index is 0.0508. The first-order valence-corrected chi connectivity index (χ1v) is 10.3. The number of benzene rings is 1. The maximum Gasteiger partial charge on any atom is 0.238 e. The molecule has 1 aliphatic heterocycles. The average Bonchev–Trinajstić information content (AvgIpc) is 2.99. The van der Waals surface area contributed by atoms with Crippen molar-refractivity contribution < 1.29 is 14.3 Å². The molecule has 8 nitrogen and oxygen atoms in total. The van der Waals surface area contributed by atoms with E-state index in [0.29, 0.717) is 19.6 Å². The van der Waals surface area contributed by atoms with E-state index in [1.165, 1.54) is 0 Å². The summed E-state index contributed by atoms with van der Waals surface area (Å²) < 4.78 is 7.42. The molecule has 1 aromatic heterocycles. The zero-order chi connectivity index (χ0) is 21.8. The molecule has 0 spiro atoms. The minimum Gasteiger partial charge on any atom is -0.491 e. The van der Waals surface area contributed by atoms with E-state index in [2.05, 4.69) is 15.3 Å². The summed E-state index contributed by atoms with van der Waals surface area (Å²) in [6.45, 7) is 9.48. The number of aromatic nitrogens is 2. The second kappa shape index (κ2) is 9.30. The van der Waals surface area contributed by atoms with Crippen molar-refractivity contribution in [2.75, 3.05) is 31.5 Å². The fourth-order valence-electron chi connectivity index (χ4n) is 3.75. The molecule has 30 heavy (non-hydrogen) atoms. The molecular weight excluding hydrogens is 382 g/mol. The Hall–Kier alpha value is -2.87. The highest BCUT2D eigenvalue weighted by Crippen LogP contribution is 2.27. The number of carbonyl (C=O) groups excluding carboxylic acids is 2. The van der Waals surface area contributed by atoms with Crippen molar-refractivity contribution in [1.29, 1.82) is 0 Å². The average molecular weight is 414 g/mol. The lowest BCUT2D eigenvalue weighted by atomic mass is 10.0. The molecule has 1 aromatic carbocycles. The first kappa shape index (κ1) is 21.8. The van der Waals surface area contributed by atoms with E-state index in [0.717, 1.165) is 22.7 Å². The third-order valence-corrected chi connectivity index (χ3v) is 5.21. The van der Waals surface area contributed by atoms with Crippen molar-refractivity contribution in [3.8, 4) is 5.75 Å². The molecule has 1 N–H and O–H groups in total. The Bertz CT molecular complexity index is 891. The highest BCUT2D eigenvalue weighted by Gasteiger charge is 2.30. The minimum atomic E-state index is -0.0906. The van der Waals surface area contributed by atoms with Gasteiger partial charge in [0.2, 0.25) is 11.8 Å². The summed E-state index contributed by atoms with van der Waals surface area (Å²) in [5.74, 6) is 0.770. The molecule has 0 aliphatic carbocycles. The summed E-state index contributed by atoms with van der Waals surface area (Å²) in [6, 6.07) is 7.86. The van der Waals surface area contributed by atoms with E-state index in [1.807, 2.05) is 57.0 Å². The van der Waals surface area contributed by atoms with Crippen molar-refractivity contribution >= 4 is 17.5 Å². The van der Waals surface area contributed by atoms with Crippen LogP contribution in [0.25, 0.3) is 0 Å². The SMILES string of the molecule is CC(=O)N1CCN(CC(=O)Nc2cn(C)nc2C)C(c2ccc(OC(C)C)cc2)C1. The van der Waals surface area contributed by atoms with Gasteiger partial charge in [-0.1, -0.05) is 12.1 Å². The van der Waals surface area contributed by atoms with Gasteiger partial charge in [0, 0.05) is 39.8 Å². The third-order valence-electron chi connectivity index (χ3n) is 5.21. The van der Waals surface area contributed by atoms with E-state index in [-0.39, 0.29) is 30.5 Å². The first-order valence-electron chi connectivity index (χ1n) is 10.3. The second-order valence-electron chi connectivity index (χ2n) is 8.04. The maximum atomic E-state index is 12.7. The number of hydrogen-bond donors (Lipinski definition) is 1. The van der Waals surface area contributed by atoms with Gasteiger partial charge < -0.3 is 15.0 Å². The molecule has 0 bridgehead atoms. The Morgan fingerprint density at radius 2 is 1.93 bits per heavy atom. The molecule has 8 heteroatoms. The second-order valence-corrected chi connectivity index (χ2v) is 8.04. The summed E-state index contributed by atoms with van der Waals surface area (Å²) in [6.07, 6.45) is 1.90. The zero-order valence-electron chi connectivity index (χ0n) is 18.4. The lowest BCUT2D eigenvalue weighted by Crippen LogP contribution is -2.51. The maximum absolute atomic E-state index is 12.7. The lowest BCUT2D eigenvalue weighted by Gasteiger charge is -2.41. The predicted octanol–water partition coefficient (Wildman–Crippen LogP) is 2.36. The molecule has 0 radical (unpaired) electrons. The van der Waals surface area contributed by atoms with Gasteiger partial charge in [-0.2, -0.15) is 5.10 Å². The van der Waals surface area contributed by atoms with Crippen LogP contribution in [0.3, 0.4) is 0 Å². The van der Waals surface area contributed by atoms with Crippen LogP contribution in [0.2, 0.25) is 0 Å². The fourth-order valence-corrected chi connectivity index (χ4v) is 3.75. The smallest absolute Gasteiger partial charge is 0.238 e. The van der Waals surface area contributed by atoms with E-state index >= 15 is 0 Å². The summed E-state index contributed by atoms with van der Waals surface area (Å²) in [4.78, 5) is 28.6. The van der Waals surface area contributed by atoms with Crippen LogP contribution in [0, 0.1) is 6.92 Å². The van der Waals surface area contributed by atoms with Gasteiger partial charge in [0.05, 0.1) is 30.1 Å². The molecule has 1 saturated heterocycles. The summed E-state index contributed by atoms with van der Waals surface area (Å²) in [7, 11) is 1.83. The van der Waals surface area contributed by atoms with Crippen LogP contribution in [0.5, 0.6) is 5.75 Å². The number of nitrogens with one attached hydrogen (secondary N) is 1. The van der Waals surface area contributed by atoms with Crippen LogP contribution in [-0.2, 0) is 16.6 Å². The van der Waals surface area contributed by atoms with Crippen LogP contribution in [0.4, 0.5) is 5.69 Å². The normalized spacial score (nSPS) is 17.3. The quantitative estimate of drug-likeness (QED) is 0.786. The number of piperazine rings is 1. The number of nitrogens with zero attached hydrogens (tertiary/aromatic N) is 4. The van der Waals surface area contributed by atoms with Crippen molar-refractivity contribution in [2.24, 2.45) is 7.05 Å². The molecular formula is C22H31N5O3. The van der Waals surface area contributed by atoms with Gasteiger partial charge in [-0.3, -0.25) is 19.2 Å². The predicted molar refractivity (Wildman–Crippen MR) is 115 cm³/mol. The molecule has 1 fully saturated rings. The van der Waals surface area contributed by atoms with Crippen LogP contribution in [0.15, 0.2) is 30.5 Å². The molecule has 1 atom stereocenters. The molecule has 3 rings (SSSR count). The van der Waals surface area contributed by atoms with Crippen LogP contribution in [0.1, 0.15) is 38.1 Å². The van der Waals surface area contributed by atoms with Crippen molar-refractivity contribution in [1.82, 2.24) is 19.6 Å². The van der Waals surface area contributed by atoms with Gasteiger partial charge in [-0.05, 0) is 38.5 Å². The van der Waals surface area contributed by atoms with Crippen LogP contribution < -0.4 is 10.1 Å². The van der Waals surface area contributed by atoms with Crippen molar-refractivity contribution in [2.45, 2.75) is 39.8 Å². The Kier molecular flexibility index (Phi) is 6.77. The summed E-state index contributed by atoms with van der Waals surface area (Å²) in [5.41, 5.74) is 2.56. The highest BCUT2D eigenvalue weighted by atomic mass is 16.5. The van der Waals surface area contributed by atoms with Gasteiger partial charge in [-0.25, -0.2) is 0 Å². The van der Waals surface area contributed by atoms with Crippen molar-refractivity contribution in [3.63, 3.8) is 0 Å². The molecule has 0 saturated carbocycles. The number of aryl methyl sites for hydroxylation is 2. The van der Waals surface area contributed by atoms with Crippen LogP contribution >= 0.6 is 0 Å². The monoisotopic (exact) mass is 413 g/mol. The number of hydrogen-bond acceptors (Lipinski definition) is 5. The largest absolute Gasteiger partial charge is 0.491 e. The van der Waals surface area contributed by atoms with Gasteiger partial charge in [0.1, 0.15) is 5.75 Å². The number of rotatable bonds is 6.